The second-order valence-corrected chi connectivity index (χ2v) is 10.0. The summed E-state index contributed by atoms with van der Waals surface area (Å²) in [5.41, 5.74) is 0.978. The number of benzene rings is 2. The molecule has 178 valence electrons. The van der Waals surface area contributed by atoms with E-state index >= 15 is 0 Å². The van der Waals surface area contributed by atoms with Crippen LogP contribution in [-0.4, -0.2) is 35.1 Å². The van der Waals surface area contributed by atoms with Crippen molar-refractivity contribution in [2.24, 2.45) is 0 Å². The summed E-state index contributed by atoms with van der Waals surface area (Å²) in [5.74, 6) is 0.381. The molecule has 1 aliphatic carbocycles. The summed E-state index contributed by atoms with van der Waals surface area (Å²) in [6.07, 6.45) is 6.61. The topological polar surface area (TPSA) is 63.6 Å². The van der Waals surface area contributed by atoms with Crippen LogP contribution in [0.25, 0.3) is 10.9 Å². The van der Waals surface area contributed by atoms with Gasteiger partial charge >= 0.3 is 0 Å². The van der Waals surface area contributed by atoms with Crippen molar-refractivity contribution >= 4 is 40.0 Å². The van der Waals surface area contributed by atoms with Gasteiger partial charge in [-0.05, 0) is 62.2 Å². The molecule has 0 spiro atoms. The molecule has 1 aromatic heterocycles. The first-order chi connectivity index (χ1) is 16.4. The molecule has 34 heavy (non-hydrogen) atoms. The Labute approximate surface area is 204 Å². The van der Waals surface area contributed by atoms with Crippen LogP contribution in [0.15, 0.2) is 48.5 Å². The van der Waals surface area contributed by atoms with E-state index in [1.54, 1.807) is 36.3 Å². The third kappa shape index (κ3) is 3.94. The van der Waals surface area contributed by atoms with Crippen LogP contribution in [-0.2, 0) is 11.3 Å². The summed E-state index contributed by atoms with van der Waals surface area (Å²) in [6.45, 7) is 2.20. The molecule has 1 N–H and O–H groups in total. The third-order valence-electron chi connectivity index (χ3n) is 7.26. The van der Waals surface area contributed by atoms with Crippen molar-refractivity contribution < 1.29 is 14.3 Å². The lowest BCUT2D eigenvalue weighted by Gasteiger charge is -2.44. The van der Waals surface area contributed by atoms with Crippen molar-refractivity contribution in [2.45, 2.75) is 63.6 Å². The molecular formula is C27H30ClN3O3. The highest BCUT2D eigenvalue weighted by atomic mass is 35.5. The van der Waals surface area contributed by atoms with Crippen molar-refractivity contribution in [3.63, 3.8) is 0 Å². The molecule has 3 aromatic rings. The highest BCUT2D eigenvalue weighted by molar-refractivity contribution is 6.30. The van der Waals surface area contributed by atoms with Gasteiger partial charge < -0.3 is 14.6 Å². The van der Waals surface area contributed by atoms with Crippen molar-refractivity contribution in [2.75, 3.05) is 12.0 Å². The van der Waals surface area contributed by atoms with E-state index in [9.17, 15) is 9.59 Å². The summed E-state index contributed by atoms with van der Waals surface area (Å²) in [4.78, 5) is 29.5. The molecule has 2 aliphatic rings. The number of rotatable bonds is 4. The van der Waals surface area contributed by atoms with E-state index < -0.39 is 5.54 Å². The Morgan fingerprint density at radius 1 is 1.06 bits per heavy atom. The van der Waals surface area contributed by atoms with E-state index in [2.05, 4.69) is 5.32 Å². The van der Waals surface area contributed by atoms with Gasteiger partial charge in [0.15, 0.2) is 0 Å². The Kier molecular flexibility index (Phi) is 6.02. The molecule has 5 rings (SSSR count). The maximum Gasteiger partial charge on any atom is 0.275 e. The van der Waals surface area contributed by atoms with Crippen LogP contribution in [0.4, 0.5) is 5.69 Å². The SMILES string of the molecule is COc1ccc2cc3n(c2c1)CC(C)(C(=O)NC1CCCCCC1)N(c1ccc(Cl)cc1)C3=O. The van der Waals surface area contributed by atoms with Crippen LogP contribution >= 0.6 is 11.6 Å². The number of ether oxygens (including phenoxy) is 1. The number of halogens is 1. The molecule has 0 bridgehead atoms. The Morgan fingerprint density at radius 2 is 1.76 bits per heavy atom. The minimum Gasteiger partial charge on any atom is -0.497 e. The molecule has 0 radical (unpaired) electrons. The largest absolute Gasteiger partial charge is 0.497 e. The van der Waals surface area contributed by atoms with Gasteiger partial charge in [-0.25, -0.2) is 0 Å². The second kappa shape index (κ2) is 8.99. The normalized spacial score (nSPS) is 21.3. The standard InChI is InChI=1S/C27H30ClN3O3/c1-27(26(33)29-20-7-5-3-4-6-8-20)17-30-23-16-22(34-2)14-9-18(23)15-24(30)25(32)31(27)21-12-10-19(28)11-13-21/h9-16,20H,3-8,17H2,1-2H3,(H,29,33). The van der Waals surface area contributed by atoms with Gasteiger partial charge in [-0.2, -0.15) is 0 Å². The fourth-order valence-corrected chi connectivity index (χ4v) is 5.48. The smallest absolute Gasteiger partial charge is 0.275 e. The lowest BCUT2D eigenvalue weighted by Crippen LogP contribution is -2.65. The predicted octanol–water partition coefficient (Wildman–Crippen LogP) is 5.56. The molecule has 2 amide bonds. The first-order valence-corrected chi connectivity index (χ1v) is 12.4. The van der Waals surface area contributed by atoms with Crippen molar-refractivity contribution in [1.29, 1.82) is 0 Å². The number of methoxy groups -OCH3 is 1. The number of carbonyl (C=O) groups excluding carboxylic acids is 2. The highest BCUT2D eigenvalue weighted by Gasteiger charge is 2.49. The predicted molar refractivity (Wildman–Crippen MR) is 135 cm³/mol. The second-order valence-electron chi connectivity index (χ2n) is 9.59. The summed E-state index contributed by atoms with van der Waals surface area (Å²) in [7, 11) is 1.62. The molecule has 0 saturated heterocycles. The summed E-state index contributed by atoms with van der Waals surface area (Å²) in [6, 6.07) is 14.9. The van der Waals surface area contributed by atoms with Gasteiger partial charge in [-0.1, -0.05) is 37.3 Å². The number of aromatic nitrogens is 1. The number of nitrogens with zero attached hydrogens (tertiary/aromatic N) is 2. The molecular weight excluding hydrogens is 450 g/mol. The van der Waals surface area contributed by atoms with E-state index in [0.29, 0.717) is 28.7 Å². The van der Waals surface area contributed by atoms with Crippen molar-refractivity contribution in [3.8, 4) is 5.75 Å². The molecule has 1 aliphatic heterocycles. The molecule has 2 aromatic carbocycles. The maximum atomic E-state index is 14.0. The van der Waals surface area contributed by atoms with E-state index in [0.717, 1.165) is 36.6 Å². The monoisotopic (exact) mass is 479 g/mol. The van der Waals surface area contributed by atoms with Crippen LogP contribution in [0.5, 0.6) is 5.75 Å². The molecule has 1 unspecified atom stereocenters. The van der Waals surface area contributed by atoms with Crippen LogP contribution in [0, 0.1) is 0 Å². The first-order valence-electron chi connectivity index (χ1n) is 12.0. The fourth-order valence-electron chi connectivity index (χ4n) is 5.36. The fraction of sp³-hybridized carbons (Fsp3) is 0.407. The van der Waals surface area contributed by atoms with Crippen LogP contribution < -0.4 is 15.0 Å². The zero-order chi connectivity index (χ0) is 23.9. The van der Waals surface area contributed by atoms with E-state index in [4.69, 9.17) is 16.3 Å². The van der Waals surface area contributed by atoms with Gasteiger partial charge in [-0.3, -0.25) is 14.5 Å². The molecule has 1 saturated carbocycles. The van der Waals surface area contributed by atoms with Gasteiger partial charge in [0, 0.05) is 28.2 Å². The Hall–Kier alpha value is -2.99. The van der Waals surface area contributed by atoms with Crippen molar-refractivity contribution in [1.82, 2.24) is 9.88 Å². The average molecular weight is 480 g/mol. The zero-order valence-corrected chi connectivity index (χ0v) is 20.4. The number of carbonyl (C=O) groups is 2. The Balaban J connectivity index is 1.60. The molecule has 6 nitrogen and oxygen atoms in total. The molecule has 1 atom stereocenters. The number of fused-ring (bicyclic) bond motifs is 3. The van der Waals surface area contributed by atoms with Gasteiger partial charge in [0.2, 0.25) is 5.91 Å². The number of hydrogen-bond donors (Lipinski definition) is 1. The van der Waals surface area contributed by atoms with Crippen LogP contribution in [0.2, 0.25) is 5.02 Å². The zero-order valence-electron chi connectivity index (χ0n) is 19.6. The Bertz CT molecular complexity index is 1230. The number of nitrogens with one attached hydrogen (secondary N) is 1. The van der Waals surface area contributed by atoms with E-state index in [1.807, 2.05) is 35.8 Å². The summed E-state index contributed by atoms with van der Waals surface area (Å²) < 4.78 is 7.38. The van der Waals surface area contributed by atoms with Gasteiger partial charge in [0.1, 0.15) is 17.0 Å². The quantitative estimate of drug-likeness (QED) is 0.498. The van der Waals surface area contributed by atoms with E-state index in [1.165, 1.54) is 12.8 Å². The van der Waals surface area contributed by atoms with Gasteiger partial charge in [0.05, 0.1) is 19.2 Å². The molecule has 7 heteroatoms. The number of amides is 2. The lowest BCUT2D eigenvalue weighted by atomic mass is 9.92. The first kappa shape index (κ1) is 22.8. The molecule has 1 fully saturated rings. The van der Waals surface area contributed by atoms with Gasteiger partial charge in [-0.15, -0.1) is 0 Å². The van der Waals surface area contributed by atoms with Crippen LogP contribution in [0.3, 0.4) is 0 Å². The summed E-state index contributed by atoms with van der Waals surface area (Å²) >= 11 is 6.13. The number of anilines is 1. The molecule has 2 heterocycles. The minimum atomic E-state index is -1.11. The lowest BCUT2D eigenvalue weighted by molar-refractivity contribution is -0.127. The van der Waals surface area contributed by atoms with Gasteiger partial charge in [0.25, 0.3) is 5.91 Å². The highest BCUT2D eigenvalue weighted by Crippen LogP contribution is 2.37. The van der Waals surface area contributed by atoms with Crippen LogP contribution in [0.1, 0.15) is 55.9 Å². The maximum absolute atomic E-state index is 14.0. The number of hydrogen-bond acceptors (Lipinski definition) is 3. The Morgan fingerprint density at radius 3 is 2.44 bits per heavy atom. The minimum absolute atomic E-state index is 0.127. The average Bonchev–Trinajstić information content (AvgIpc) is 2.99. The summed E-state index contributed by atoms with van der Waals surface area (Å²) in [5, 5.41) is 4.82. The van der Waals surface area contributed by atoms with Crippen molar-refractivity contribution in [3.05, 3.63) is 59.2 Å². The third-order valence-corrected chi connectivity index (χ3v) is 7.51. The van der Waals surface area contributed by atoms with E-state index in [-0.39, 0.29) is 17.9 Å².